The highest BCUT2D eigenvalue weighted by Gasteiger charge is 2.31. The molecule has 10 heteroatoms. The number of carbonyl (C=O) groups is 1. The molecule has 1 N–H and O–H groups in total. The van der Waals surface area contributed by atoms with Crippen molar-refractivity contribution in [2.24, 2.45) is 0 Å². The molecule has 2 aliphatic heterocycles. The maximum atomic E-state index is 12.5. The number of rotatable bonds is 6. The first-order chi connectivity index (χ1) is 13.8. The standard InChI is InChI=1S/C19H24N4O5S/c1-13-7-18(23(21-13)15-5-6-29(25,26)11-15)20-19(24)10-22(2)9-14-3-4-16-17(8-14)28-12-27-16/h3-4,7-8,15H,5-6,9-12H2,1-2H3,(H,20,24). The Balaban J connectivity index is 1.37. The van der Waals surface area contributed by atoms with E-state index in [2.05, 4.69) is 10.4 Å². The molecule has 3 heterocycles. The number of sulfone groups is 1. The largest absolute Gasteiger partial charge is 0.454 e. The molecule has 2 aromatic rings. The molecule has 1 fully saturated rings. The van der Waals surface area contributed by atoms with Crippen LogP contribution in [0.25, 0.3) is 0 Å². The second-order valence-corrected chi connectivity index (χ2v) is 9.81. The van der Waals surface area contributed by atoms with Crippen LogP contribution in [0.1, 0.15) is 23.7 Å². The number of nitrogens with zero attached hydrogens (tertiary/aromatic N) is 3. The minimum atomic E-state index is -3.04. The lowest BCUT2D eigenvalue weighted by Gasteiger charge is -2.18. The molecule has 1 aromatic carbocycles. The molecular weight excluding hydrogens is 396 g/mol. The molecular formula is C19H24N4O5S. The van der Waals surface area contributed by atoms with Crippen molar-refractivity contribution < 1.29 is 22.7 Å². The molecule has 0 radical (unpaired) electrons. The number of carbonyl (C=O) groups excluding carboxylic acids is 1. The van der Waals surface area contributed by atoms with Crippen molar-refractivity contribution in [2.75, 3.05) is 37.2 Å². The maximum Gasteiger partial charge on any atom is 0.239 e. The molecule has 0 bridgehead atoms. The van der Waals surface area contributed by atoms with E-state index in [1.165, 1.54) is 0 Å². The molecule has 1 unspecified atom stereocenters. The van der Waals surface area contributed by atoms with Crippen LogP contribution in [-0.4, -0.2) is 60.9 Å². The van der Waals surface area contributed by atoms with Gasteiger partial charge in [0.2, 0.25) is 12.7 Å². The summed E-state index contributed by atoms with van der Waals surface area (Å²) in [5, 5.41) is 7.26. The number of amides is 1. The van der Waals surface area contributed by atoms with E-state index in [-0.39, 0.29) is 36.8 Å². The molecule has 156 valence electrons. The molecule has 0 saturated carbocycles. The highest BCUT2D eigenvalue weighted by atomic mass is 32.2. The quantitative estimate of drug-likeness (QED) is 0.752. The van der Waals surface area contributed by atoms with Gasteiger partial charge < -0.3 is 14.8 Å². The monoisotopic (exact) mass is 420 g/mol. The van der Waals surface area contributed by atoms with Crippen molar-refractivity contribution in [2.45, 2.75) is 25.9 Å². The number of hydrogen-bond donors (Lipinski definition) is 1. The van der Waals surface area contributed by atoms with Gasteiger partial charge in [-0.25, -0.2) is 13.1 Å². The van der Waals surface area contributed by atoms with Gasteiger partial charge in [0.15, 0.2) is 21.3 Å². The lowest BCUT2D eigenvalue weighted by molar-refractivity contribution is -0.117. The smallest absolute Gasteiger partial charge is 0.239 e. The second kappa shape index (κ2) is 7.68. The van der Waals surface area contributed by atoms with Crippen LogP contribution >= 0.6 is 0 Å². The van der Waals surface area contributed by atoms with Crippen molar-refractivity contribution in [1.29, 1.82) is 0 Å². The van der Waals surface area contributed by atoms with Gasteiger partial charge in [-0.2, -0.15) is 5.10 Å². The Morgan fingerprint density at radius 2 is 2.10 bits per heavy atom. The Kier molecular flexibility index (Phi) is 5.22. The average Bonchev–Trinajstić information content (AvgIpc) is 3.32. The van der Waals surface area contributed by atoms with Crippen LogP contribution in [-0.2, 0) is 21.2 Å². The third kappa shape index (κ3) is 4.54. The molecule has 1 saturated heterocycles. The van der Waals surface area contributed by atoms with Gasteiger partial charge in [-0.1, -0.05) is 6.07 Å². The van der Waals surface area contributed by atoms with Gasteiger partial charge in [0.1, 0.15) is 5.82 Å². The lowest BCUT2D eigenvalue weighted by atomic mass is 10.2. The van der Waals surface area contributed by atoms with E-state index in [1.54, 1.807) is 10.7 Å². The van der Waals surface area contributed by atoms with Gasteiger partial charge in [0.25, 0.3) is 0 Å². The SMILES string of the molecule is Cc1cc(NC(=O)CN(C)Cc2ccc3c(c2)OCO3)n(C2CCS(=O)(=O)C2)n1. The van der Waals surface area contributed by atoms with E-state index in [9.17, 15) is 13.2 Å². The first-order valence-corrected chi connectivity index (χ1v) is 11.2. The Labute approximate surface area is 169 Å². The lowest BCUT2D eigenvalue weighted by Crippen LogP contribution is -2.31. The van der Waals surface area contributed by atoms with Crippen molar-refractivity contribution >= 4 is 21.6 Å². The van der Waals surface area contributed by atoms with Crippen LogP contribution in [0.4, 0.5) is 5.82 Å². The number of likely N-dealkylation sites (N-methyl/N-ethyl adjacent to an activating group) is 1. The summed E-state index contributed by atoms with van der Waals surface area (Å²) in [5.41, 5.74) is 1.75. The minimum Gasteiger partial charge on any atom is -0.454 e. The average molecular weight is 420 g/mol. The number of aromatic nitrogens is 2. The Bertz CT molecular complexity index is 1030. The normalized spacial score (nSPS) is 19.6. The van der Waals surface area contributed by atoms with E-state index in [0.717, 1.165) is 17.0 Å². The van der Waals surface area contributed by atoms with Crippen LogP contribution in [0, 0.1) is 6.92 Å². The van der Waals surface area contributed by atoms with Crippen molar-refractivity contribution in [3.63, 3.8) is 0 Å². The summed E-state index contributed by atoms with van der Waals surface area (Å²) in [6.45, 7) is 2.80. The second-order valence-electron chi connectivity index (χ2n) is 7.58. The predicted molar refractivity (Wildman–Crippen MR) is 107 cm³/mol. The molecule has 2 aliphatic rings. The van der Waals surface area contributed by atoms with E-state index in [0.29, 0.717) is 24.5 Å². The van der Waals surface area contributed by atoms with Crippen LogP contribution in [0.2, 0.25) is 0 Å². The van der Waals surface area contributed by atoms with Crippen molar-refractivity contribution in [3.8, 4) is 11.5 Å². The Morgan fingerprint density at radius 3 is 2.86 bits per heavy atom. The van der Waals surface area contributed by atoms with Crippen molar-refractivity contribution in [1.82, 2.24) is 14.7 Å². The van der Waals surface area contributed by atoms with Crippen LogP contribution in [0.15, 0.2) is 24.3 Å². The van der Waals surface area contributed by atoms with E-state index >= 15 is 0 Å². The molecule has 4 rings (SSSR count). The third-order valence-corrected chi connectivity index (χ3v) is 6.73. The number of hydrogen-bond acceptors (Lipinski definition) is 7. The maximum absolute atomic E-state index is 12.5. The summed E-state index contributed by atoms with van der Waals surface area (Å²) in [7, 11) is -1.18. The topological polar surface area (TPSA) is 103 Å². The number of aryl methyl sites for hydroxylation is 1. The van der Waals surface area contributed by atoms with Gasteiger partial charge in [0, 0.05) is 12.6 Å². The third-order valence-electron chi connectivity index (χ3n) is 4.98. The Morgan fingerprint density at radius 1 is 1.31 bits per heavy atom. The molecule has 0 aliphatic carbocycles. The Hall–Kier alpha value is -2.59. The molecule has 1 atom stereocenters. The zero-order valence-electron chi connectivity index (χ0n) is 16.4. The minimum absolute atomic E-state index is 0.0566. The zero-order chi connectivity index (χ0) is 20.6. The predicted octanol–water partition coefficient (Wildman–Crippen LogP) is 1.35. The summed E-state index contributed by atoms with van der Waals surface area (Å²) >= 11 is 0. The summed E-state index contributed by atoms with van der Waals surface area (Å²) < 4.78 is 35.9. The molecule has 1 aromatic heterocycles. The van der Waals surface area contributed by atoms with Crippen LogP contribution in [0.3, 0.4) is 0 Å². The van der Waals surface area contributed by atoms with Crippen LogP contribution < -0.4 is 14.8 Å². The molecule has 1 amide bonds. The number of anilines is 1. The number of ether oxygens (including phenoxy) is 2. The highest BCUT2D eigenvalue weighted by Crippen LogP contribution is 2.32. The fourth-order valence-corrected chi connectivity index (χ4v) is 5.38. The fourth-order valence-electron chi connectivity index (χ4n) is 3.69. The van der Waals surface area contributed by atoms with Gasteiger partial charge in [-0.15, -0.1) is 0 Å². The number of fused-ring (bicyclic) bond motifs is 1. The zero-order valence-corrected chi connectivity index (χ0v) is 17.2. The number of nitrogens with one attached hydrogen (secondary N) is 1. The summed E-state index contributed by atoms with van der Waals surface area (Å²) in [5.74, 6) is 2.00. The first-order valence-electron chi connectivity index (χ1n) is 9.42. The van der Waals surface area contributed by atoms with Crippen LogP contribution in [0.5, 0.6) is 11.5 Å². The molecule has 9 nitrogen and oxygen atoms in total. The first kappa shape index (κ1) is 19.7. The van der Waals surface area contributed by atoms with Crippen molar-refractivity contribution in [3.05, 3.63) is 35.5 Å². The van der Waals surface area contributed by atoms with E-state index in [1.807, 2.05) is 37.1 Å². The van der Waals surface area contributed by atoms with Gasteiger partial charge in [0.05, 0.1) is 29.8 Å². The van der Waals surface area contributed by atoms with Gasteiger partial charge in [-0.05, 0) is 38.1 Å². The summed E-state index contributed by atoms with van der Waals surface area (Å²) in [6.07, 6.45) is 0.510. The van der Waals surface area contributed by atoms with Gasteiger partial charge in [-0.3, -0.25) is 9.69 Å². The van der Waals surface area contributed by atoms with E-state index in [4.69, 9.17) is 9.47 Å². The van der Waals surface area contributed by atoms with Gasteiger partial charge >= 0.3 is 0 Å². The summed E-state index contributed by atoms with van der Waals surface area (Å²) in [6, 6.07) is 7.25. The molecule has 29 heavy (non-hydrogen) atoms. The van der Waals surface area contributed by atoms with E-state index < -0.39 is 9.84 Å². The molecule has 0 spiro atoms. The fraction of sp³-hybridized carbons (Fsp3) is 0.474. The summed E-state index contributed by atoms with van der Waals surface area (Å²) in [4.78, 5) is 14.4. The highest BCUT2D eigenvalue weighted by molar-refractivity contribution is 7.91. The number of benzene rings is 1.